The van der Waals surface area contributed by atoms with Crippen molar-refractivity contribution in [3.05, 3.63) is 64.1 Å². The molecule has 0 atom stereocenters. The number of Topliss-reactive ketones (excluding diaryl/α,β-unsaturated/α-hetero) is 1. The second kappa shape index (κ2) is 6.22. The molecule has 3 rings (SSSR count). The lowest BCUT2D eigenvalue weighted by molar-refractivity contribution is 0.0990. The molecular weight excluding hydrogens is 310 g/mol. The summed E-state index contributed by atoms with van der Waals surface area (Å²) in [7, 11) is 0. The molecule has 1 heterocycles. The molecule has 5 heteroatoms. The highest BCUT2D eigenvalue weighted by Crippen LogP contribution is 2.35. The number of nitrogens with zero attached hydrogens (tertiary/aromatic N) is 1. The van der Waals surface area contributed by atoms with Gasteiger partial charge < -0.3 is 10.2 Å². The lowest BCUT2D eigenvalue weighted by atomic mass is 9.98. The Morgan fingerprint density at radius 3 is 2.52 bits per heavy atom. The van der Waals surface area contributed by atoms with Crippen LogP contribution in [0.4, 0.5) is 0 Å². The molecule has 4 nitrogen and oxygen atoms in total. The van der Waals surface area contributed by atoms with Crippen LogP contribution in [0.15, 0.2) is 47.8 Å². The van der Waals surface area contributed by atoms with Crippen LogP contribution in [0, 0.1) is 6.92 Å². The SMILES string of the molecule is Cc1csc(CC(=O)c2cc(-c3ccccc3)c(O)cc2O)n1. The number of carbonyl (C=O) groups excluding carboxylic acids is 1. The summed E-state index contributed by atoms with van der Waals surface area (Å²) in [6.45, 7) is 1.87. The van der Waals surface area contributed by atoms with E-state index in [1.807, 2.05) is 42.6 Å². The smallest absolute Gasteiger partial charge is 0.173 e. The van der Waals surface area contributed by atoms with Gasteiger partial charge in [-0.25, -0.2) is 4.98 Å². The molecule has 0 saturated carbocycles. The molecule has 2 N–H and O–H groups in total. The highest BCUT2D eigenvalue weighted by Gasteiger charge is 2.17. The Bertz CT molecular complexity index is 856. The van der Waals surface area contributed by atoms with E-state index in [1.54, 1.807) is 0 Å². The molecule has 0 aliphatic heterocycles. The van der Waals surface area contributed by atoms with E-state index in [-0.39, 0.29) is 29.3 Å². The van der Waals surface area contributed by atoms with E-state index >= 15 is 0 Å². The van der Waals surface area contributed by atoms with Gasteiger partial charge >= 0.3 is 0 Å². The summed E-state index contributed by atoms with van der Waals surface area (Å²) in [4.78, 5) is 16.7. The predicted octanol–water partition coefficient (Wildman–Crippen LogP) is 3.96. The zero-order valence-corrected chi connectivity index (χ0v) is 13.3. The third-order valence-corrected chi connectivity index (χ3v) is 4.44. The first kappa shape index (κ1) is 15.2. The van der Waals surface area contributed by atoms with E-state index in [0.717, 1.165) is 11.3 Å². The predicted molar refractivity (Wildman–Crippen MR) is 90.1 cm³/mol. The summed E-state index contributed by atoms with van der Waals surface area (Å²) in [5.41, 5.74) is 2.36. The fourth-order valence-electron chi connectivity index (χ4n) is 2.37. The van der Waals surface area contributed by atoms with Gasteiger partial charge in [-0.05, 0) is 18.6 Å². The van der Waals surface area contributed by atoms with Gasteiger partial charge in [0, 0.05) is 22.7 Å². The second-order valence-electron chi connectivity index (χ2n) is 5.24. The standard InChI is InChI=1S/C18H15NO3S/c1-11-10-23-18(19-11)9-17(22)14-7-13(15(20)8-16(14)21)12-5-3-2-4-6-12/h2-8,10,20-21H,9H2,1H3. The lowest BCUT2D eigenvalue weighted by Gasteiger charge is -2.09. The van der Waals surface area contributed by atoms with Crippen LogP contribution in [0.1, 0.15) is 21.1 Å². The fraction of sp³-hybridized carbons (Fsp3) is 0.111. The average Bonchev–Trinajstić information content (AvgIpc) is 2.93. The maximum atomic E-state index is 12.5. The first-order valence-electron chi connectivity index (χ1n) is 7.10. The maximum absolute atomic E-state index is 12.5. The van der Waals surface area contributed by atoms with E-state index in [4.69, 9.17) is 0 Å². The number of aryl methyl sites for hydroxylation is 1. The molecular formula is C18H15NO3S. The molecule has 0 bridgehead atoms. The molecule has 0 fully saturated rings. The van der Waals surface area contributed by atoms with Gasteiger partial charge in [-0.3, -0.25) is 4.79 Å². The van der Waals surface area contributed by atoms with Crippen LogP contribution in [0.3, 0.4) is 0 Å². The third-order valence-electron chi connectivity index (χ3n) is 3.48. The molecule has 23 heavy (non-hydrogen) atoms. The van der Waals surface area contributed by atoms with E-state index in [9.17, 15) is 15.0 Å². The Balaban J connectivity index is 1.97. The van der Waals surface area contributed by atoms with Crippen LogP contribution in [0.5, 0.6) is 11.5 Å². The minimum atomic E-state index is -0.228. The number of hydrogen-bond acceptors (Lipinski definition) is 5. The van der Waals surface area contributed by atoms with E-state index in [1.165, 1.54) is 23.5 Å². The number of ketones is 1. The molecule has 1 aromatic heterocycles. The fourth-order valence-corrected chi connectivity index (χ4v) is 3.14. The van der Waals surface area contributed by atoms with Crippen LogP contribution in [-0.4, -0.2) is 21.0 Å². The number of aromatic nitrogens is 1. The Morgan fingerprint density at radius 1 is 1.13 bits per heavy atom. The zero-order chi connectivity index (χ0) is 16.4. The van der Waals surface area contributed by atoms with Crippen molar-refractivity contribution in [1.82, 2.24) is 4.98 Å². The van der Waals surface area contributed by atoms with Crippen LogP contribution in [0.2, 0.25) is 0 Å². The molecule has 0 saturated heterocycles. The molecule has 0 spiro atoms. The monoisotopic (exact) mass is 325 g/mol. The van der Waals surface area contributed by atoms with Gasteiger partial charge in [0.25, 0.3) is 0 Å². The minimum absolute atomic E-state index is 0.0599. The number of thiazole rings is 1. The van der Waals surface area contributed by atoms with E-state index in [0.29, 0.717) is 10.6 Å². The van der Waals surface area contributed by atoms with Crippen molar-refractivity contribution >= 4 is 17.1 Å². The average molecular weight is 325 g/mol. The summed E-state index contributed by atoms with van der Waals surface area (Å²) in [6.07, 6.45) is 0.130. The number of benzene rings is 2. The van der Waals surface area contributed by atoms with Gasteiger partial charge in [-0.2, -0.15) is 0 Å². The molecule has 0 amide bonds. The highest BCUT2D eigenvalue weighted by molar-refractivity contribution is 7.09. The van der Waals surface area contributed by atoms with Gasteiger partial charge in [-0.1, -0.05) is 30.3 Å². The molecule has 0 aliphatic carbocycles. The van der Waals surface area contributed by atoms with Crippen molar-refractivity contribution in [2.45, 2.75) is 13.3 Å². The summed E-state index contributed by atoms with van der Waals surface area (Å²) >= 11 is 1.42. The number of aromatic hydroxyl groups is 2. The van der Waals surface area contributed by atoms with Gasteiger partial charge in [0.2, 0.25) is 0 Å². The topological polar surface area (TPSA) is 70.4 Å². The first-order chi connectivity index (χ1) is 11.0. The van der Waals surface area contributed by atoms with Crippen molar-refractivity contribution < 1.29 is 15.0 Å². The Labute approximate surface area is 137 Å². The van der Waals surface area contributed by atoms with Gasteiger partial charge in [-0.15, -0.1) is 11.3 Å². The zero-order valence-electron chi connectivity index (χ0n) is 12.5. The number of rotatable bonds is 4. The summed E-state index contributed by atoms with van der Waals surface area (Å²) < 4.78 is 0. The van der Waals surface area contributed by atoms with Crippen LogP contribution >= 0.6 is 11.3 Å². The second-order valence-corrected chi connectivity index (χ2v) is 6.18. The van der Waals surface area contributed by atoms with Crippen molar-refractivity contribution in [3.63, 3.8) is 0 Å². The van der Waals surface area contributed by atoms with Crippen molar-refractivity contribution in [3.8, 4) is 22.6 Å². The van der Waals surface area contributed by atoms with E-state index < -0.39 is 0 Å². The van der Waals surface area contributed by atoms with Gasteiger partial charge in [0.1, 0.15) is 16.5 Å². The van der Waals surface area contributed by atoms with Crippen molar-refractivity contribution in [2.75, 3.05) is 0 Å². The number of phenols is 2. The first-order valence-corrected chi connectivity index (χ1v) is 7.98. The maximum Gasteiger partial charge on any atom is 0.173 e. The van der Waals surface area contributed by atoms with Gasteiger partial charge in [0.15, 0.2) is 5.78 Å². The largest absolute Gasteiger partial charge is 0.507 e. The van der Waals surface area contributed by atoms with Gasteiger partial charge in [0.05, 0.1) is 12.0 Å². The Morgan fingerprint density at radius 2 is 1.87 bits per heavy atom. The summed E-state index contributed by atoms with van der Waals surface area (Å²) in [5, 5.41) is 22.7. The number of carbonyl (C=O) groups is 1. The minimum Gasteiger partial charge on any atom is -0.507 e. The molecule has 2 aromatic carbocycles. The number of hydrogen-bond donors (Lipinski definition) is 2. The van der Waals surface area contributed by atoms with Crippen LogP contribution in [-0.2, 0) is 6.42 Å². The van der Waals surface area contributed by atoms with E-state index in [2.05, 4.69) is 4.98 Å². The van der Waals surface area contributed by atoms with Crippen LogP contribution in [0.25, 0.3) is 11.1 Å². The quantitative estimate of drug-likeness (QED) is 0.712. The van der Waals surface area contributed by atoms with Crippen molar-refractivity contribution in [2.24, 2.45) is 0 Å². The summed E-state index contributed by atoms with van der Waals surface area (Å²) in [5.74, 6) is -0.509. The summed E-state index contributed by atoms with van der Waals surface area (Å²) in [6, 6.07) is 12.0. The third kappa shape index (κ3) is 3.24. The Hall–Kier alpha value is -2.66. The Kier molecular flexibility index (Phi) is 4.12. The number of phenolic OH excluding ortho intramolecular Hbond substituents is 2. The van der Waals surface area contributed by atoms with Crippen LogP contribution < -0.4 is 0 Å². The highest BCUT2D eigenvalue weighted by atomic mass is 32.1. The van der Waals surface area contributed by atoms with Crippen molar-refractivity contribution in [1.29, 1.82) is 0 Å². The lowest BCUT2D eigenvalue weighted by Crippen LogP contribution is -2.04. The molecule has 116 valence electrons. The molecule has 3 aromatic rings. The molecule has 0 unspecified atom stereocenters. The molecule has 0 aliphatic rings. The molecule has 0 radical (unpaired) electrons. The normalized spacial score (nSPS) is 10.7.